The van der Waals surface area contributed by atoms with Crippen LogP contribution in [0.25, 0.3) is 10.4 Å². The normalized spacial score (nSPS) is 10.8. The highest BCUT2D eigenvalue weighted by Crippen LogP contribution is 2.50. The number of phenols is 2. The van der Waals surface area contributed by atoms with Crippen LogP contribution in [0.2, 0.25) is 15.1 Å². The maximum Gasteiger partial charge on any atom is 0.201 e. The molecule has 0 fully saturated rings. The number of nitrogens with two attached hydrogens (primary N) is 1. The minimum absolute atomic E-state index is 0.0472. The van der Waals surface area contributed by atoms with Crippen LogP contribution < -0.4 is 10.6 Å². The number of aromatic nitrogens is 1. The molecule has 1 aromatic carbocycles. The first kappa shape index (κ1) is 13.4. The van der Waals surface area contributed by atoms with Gasteiger partial charge in [0.25, 0.3) is 0 Å². The highest BCUT2D eigenvalue weighted by Gasteiger charge is 2.23. The third kappa shape index (κ3) is 1.91. The number of nitrogens with one attached hydrogen (secondary N) is 1. The maximum atomic E-state index is 9.92. The minimum atomic E-state index is -0.431. The molecular weight excluding hydrogens is 321 g/mol. The van der Waals surface area contributed by atoms with Gasteiger partial charge < -0.3 is 16.1 Å². The SMILES string of the molecule is N=c1sc(-c2c(O)c(Cl)c(Cl)c(O)c2Cl)cn1N. The molecule has 9 heteroatoms. The molecule has 96 valence electrons. The van der Waals surface area contributed by atoms with Gasteiger partial charge in [-0.15, -0.1) is 0 Å². The average molecular weight is 327 g/mol. The molecule has 0 saturated carbocycles. The Morgan fingerprint density at radius 1 is 1.11 bits per heavy atom. The van der Waals surface area contributed by atoms with E-state index in [9.17, 15) is 10.2 Å². The minimum Gasteiger partial charge on any atom is -0.506 e. The Balaban J connectivity index is 2.83. The Kier molecular flexibility index (Phi) is 3.37. The van der Waals surface area contributed by atoms with Crippen molar-refractivity contribution in [3.63, 3.8) is 0 Å². The number of phenolic OH excluding ortho intramolecular Hbond substituents is 2. The van der Waals surface area contributed by atoms with Gasteiger partial charge in [0.2, 0.25) is 4.80 Å². The topological polar surface area (TPSA) is 95.3 Å². The van der Waals surface area contributed by atoms with Gasteiger partial charge in [-0.05, 0) is 0 Å². The summed E-state index contributed by atoms with van der Waals surface area (Å²) in [6.45, 7) is 0. The lowest BCUT2D eigenvalue weighted by atomic mass is 10.1. The van der Waals surface area contributed by atoms with Crippen molar-refractivity contribution in [1.29, 1.82) is 5.41 Å². The first-order valence-corrected chi connectivity index (χ1v) is 6.40. The summed E-state index contributed by atoms with van der Waals surface area (Å²) >= 11 is 18.4. The maximum absolute atomic E-state index is 9.92. The average Bonchev–Trinajstić information content (AvgIpc) is 2.64. The van der Waals surface area contributed by atoms with Crippen LogP contribution in [0.5, 0.6) is 11.5 Å². The molecule has 2 aromatic rings. The first-order chi connectivity index (χ1) is 8.34. The summed E-state index contributed by atoms with van der Waals surface area (Å²) in [5.41, 5.74) is 0.0891. The van der Waals surface area contributed by atoms with E-state index < -0.39 is 5.75 Å². The summed E-state index contributed by atoms with van der Waals surface area (Å²) in [5.74, 6) is 4.68. The van der Waals surface area contributed by atoms with E-state index in [0.717, 1.165) is 16.0 Å². The molecule has 5 nitrogen and oxygen atoms in total. The van der Waals surface area contributed by atoms with E-state index in [2.05, 4.69) is 0 Å². The van der Waals surface area contributed by atoms with Gasteiger partial charge in [0.15, 0.2) is 5.75 Å². The number of aromatic hydroxyl groups is 2. The van der Waals surface area contributed by atoms with E-state index in [-0.39, 0.29) is 31.2 Å². The summed E-state index contributed by atoms with van der Waals surface area (Å²) in [7, 11) is 0. The van der Waals surface area contributed by atoms with E-state index >= 15 is 0 Å². The van der Waals surface area contributed by atoms with E-state index in [4.69, 9.17) is 46.1 Å². The lowest BCUT2D eigenvalue weighted by Gasteiger charge is -2.10. The van der Waals surface area contributed by atoms with Crippen molar-refractivity contribution in [2.24, 2.45) is 0 Å². The number of rotatable bonds is 1. The van der Waals surface area contributed by atoms with Crippen LogP contribution in [-0.2, 0) is 0 Å². The fourth-order valence-corrected chi connectivity index (χ4v) is 2.94. The van der Waals surface area contributed by atoms with E-state index in [0.29, 0.717) is 4.88 Å². The lowest BCUT2D eigenvalue weighted by Crippen LogP contribution is -2.19. The molecule has 0 unspecified atom stereocenters. The second-order valence-corrected chi connectivity index (χ2v) is 5.49. The van der Waals surface area contributed by atoms with Crippen LogP contribution in [0, 0.1) is 5.41 Å². The summed E-state index contributed by atoms with van der Waals surface area (Å²) in [6.07, 6.45) is 1.39. The smallest absolute Gasteiger partial charge is 0.201 e. The van der Waals surface area contributed by atoms with Gasteiger partial charge in [-0.2, -0.15) is 0 Å². The number of hydrogen-bond acceptors (Lipinski definition) is 5. The number of nitrogen functional groups attached to an aromatic ring is 1. The number of nitrogens with zero attached hydrogens (tertiary/aromatic N) is 1. The molecule has 0 bridgehead atoms. The second kappa shape index (κ2) is 4.55. The Labute approximate surface area is 120 Å². The van der Waals surface area contributed by atoms with Crippen molar-refractivity contribution in [2.45, 2.75) is 0 Å². The van der Waals surface area contributed by atoms with Gasteiger partial charge in [-0.3, -0.25) is 5.41 Å². The van der Waals surface area contributed by atoms with Crippen LogP contribution >= 0.6 is 46.1 Å². The standard InChI is InChI=1S/C9H6Cl3N3O2S/c10-4-3(2-1-15(14)9(13)18-2)7(16)5(11)6(12)8(4)17/h1,13,16-17H,14H2. The molecule has 5 N–H and O–H groups in total. The van der Waals surface area contributed by atoms with Gasteiger partial charge >= 0.3 is 0 Å². The predicted molar refractivity (Wildman–Crippen MR) is 72.1 cm³/mol. The molecular formula is C9H6Cl3N3O2S. The van der Waals surface area contributed by atoms with Crippen LogP contribution in [0.3, 0.4) is 0 Å². The first-order valence-electron chi connectivity index (χ1n) is 4.45. The van der Waals surface area contributed by atoms with Crippen molar-refractivity contribution in [3.05, 3.63) is 26.1 Å². The monoisotopic (exact) mass is 325 g/mol. The van der Waals surface area contributed by atoms with Gasteiger partial charge in [0.1, 0.15) is 15.8 Å². The number of thiazole rings is 1. The van der Waals surface area contributed by atoms with Crippen molar-refractivity contribution in [3.8, 4) is 21.9 Å². The summed E-state index contributed by atoms with van der Waals surface area (Å²) in [4.78, 5) is 0.435. The van der Waals surface area contributed by atoms with E-state index in [1.165, 1.54) is 6.20 Å². The Bertz CT molecular complexity index is 666. The molecule has 2 rings (SSSR count). The molecule has 1 heterocycles. The quantitative estimate of drug-likeness (QED) is 0.369. The summed E-state index contributed by atoms with van der Waals surface area (Å²) in [6, 6.07) is 0. The molecule has 0 aliphatic carbocycles. The van der Waals surface area contributed by atoms with Crippen molar-refractivity contribution in [1.82, 2.24) is 4.68 Å². The lowest BCUT2D eigenvalue weighted by molar-refractivity contribution is 0.462. The largest absolute Gasteiger partial charge is 0.506 e. The molecule has 0 amide bonds. The Morgan fingerprint density at radius 3 is 2.17 bits per heavy atom. The Hall–Kier alpha value is -1.08. The molecule has 0 spiro atoms. The zero-order valence-electron chi connectivity index (χ0n) is 8.54. The van der Waals surface area contributed by atoms with E-state index in [1.54, 1.807) is 0 Å². The summed E-state index contributed by atoms with van der Waals surface area (Å²) in [5, 5.41) is 26.5. The third-order valence-electron chi connectivity index (χ3n) is 2.22. The molecule has 0 atom stereocenters. The van der Waals surface area contributed by atoms with Gasteiger partial charge in [-0.25, -0.2) is 4.68 Å². The van der Waals surface area contributed by atoms with Crippen LogP contribution in [0.4, 0.5) is 0 Å². The van der Waals surface area contributed by atoms with Gasteiger partial charge in [0.05, 0.1) is 15.5 Å². The molecule has 1 aromatic heterocycles. The zero-order chi connectivity index (χ0) is 13.6. The van der Waals surface area contributed by atoms with Crippen molar-refractivity contribution >= 4 is 46.1 Å². The highest BCUT2D eigenvalue weighted by molar-refractivity contribution is 7.12. The van der Waals surface area contributed by atoms with E-state index in [1.807, 2.05) is 0 Å². The number of benzene rings is 1. The fourth-order valence-electron chi connectivity index (χ4n) is 1.34. The van der Waals surface area contributed by atoms with Gasteiger partial charge in [0, 0.05) is 6.20 Å². The van der Waals surface area contributed by atoms with Crippen molar-refractivity contribution < 1.29 is 10.2 Å². The highest BCUT2D eigenvalue weighted by atomic mass is 35.5. The molecule has 0 radical (unpaired) electrons. The number of halogens is 3. The molecule has 0 aliphatic heterocycles. The molecule has 0 saturated heterocycles. The van der Waals surface area contributed by atoms with Crippen molar-refractivity contribution in [2.75, 3.05) is 5.84 Å². The molecule has 0 aliphatic rings. The Morgan fingerprint density at radius 2 is 1.67 bits per heavy atom. The number of hydrogen-bond donors (Lipinski definition) is 4. The predicted octanol–water partition coefficient (Wildman–Crippen LogP) is 2.78. The zero-order valence-corrected chi connectivity index (χ0v) is 11.6. The van der Waals surface area contributed by atoms with Crippen LogP contribution in [0.1, 0.15) is 0 Å². The second-order valence-electron chi connectivity index (χ2n) is 3.32. The fraction of sp³-hybridized carbons (Fsp3) is 0. The third-order valence-corrected chi connectivity index (χ3v) is 4.35. The van der Waals surface area contributed by atoms with Gasteiger partial charge in [-0.1, -0.05) is 46.1 Å². The van der Waals surface area contributed by atoms with Crippen LogP contribution in [-0.4, -0.2) is 14.9 Å². The summed E-state index contributed by atoms with van der Waals surface area (Å²) < 4.78 is 1.05. The van der Waals surface area contributed by atoms with Crippen LogP contribution in [0.15, 0.2) is 6.20 Å². The molecule has 18 heavy (non-hydrogen) atoms.